The third kappa shape index (κ3) is 4.03. The molecular weight excluding hydrogens is 254 g/mol. The molecule has 0 aliphatic rings. The molecule has 2 rings (SSSR count). The largest absolute Gasteiger partial charge is 0.380 e. The van der Waals surface area contributed by atoms with Gasteiger partial charge in [0.25, 0.3) is 0 Å². The van der Waals surface area contributed by atoms with Crippen molar-refractivity contribution in [3.8, 4) is 0 Å². The van der Waals surface area contributed by atoms with Gasteiger partial charge in [-0.05, 0) is 41.9 Å². The zero-order valence-electron chi connectivity index (χ0n) is 11.9. The van der Waals surface area contributed by atoms with Gasteiger partial charge in [0.05, 0.1) is 13.2 Å². The van der Waals surface area contributed by atoms with Gasteiger partial charge < -0.3 is 9.64 Å². The number of thiophene rings is 1. The summed E-state index contributed by atoms with van der Waals surface area (Å²) >= 11 is 1.83. The average Bonchev–Trinajstić information content (AvgIpc) is 2.92. The Balaban J connectivity index is 1.75. The molecule has 2 nitrogen and oxygen atoms in total. The molecule has 0 amide bonds. The number of hydrogen-bond acceptors (Lipinski definition) is 3. The molecular formula is C16H23NOS. The first-order valence-electron chi connectivity index (χ1n) is 7.10. The zero-order chi connectivity index (χ0) is 13.5. The van der Waals surface area contributed by atoms with Gasteiger partial charge in [0, 0.05) is 11.2 Å². The van der Waals surface area contributed by atoms with E-state index in [1.54, 1.807) is 0 Å². The van der Waals surface area contributed by atoms with E-state index in [9.17, 15) is 0 Å². The topological polar surface area (TPSA) is 12.5 Å². The monoisotopic (exact) mass is 277 g/mol. The quantitative estimate of drug-likeness (QED) is 0.680. The molecule has 2 aromatic rings. The second-order valence-corrected chi connectivity index (χ2v) is 5.56. The molecule has 1 aromatic heterocycles. The van der Waals surface area contributed by atoms with Gasteiger partial charge in [-0.1, -0.05) is 32.0 Å². The third-order valence-electron chi connectivity index (χ3n) is 3.52. The maximum absolute atomic E-state index is 5.76. The Morgan fingerprint density at radius 2 is 1.95 bits per heavy atom. The fourth-order valence-electron chi connectivity index (χ4n) is 2.27. The van der Waals surface area contributed by atoms with Crippen LogP contribution in [0.15, 0.2) is 29.6 Å². The molecule has 0 spiro atoms. The summed E-state index contributed by atoms with van der Waals surface area (Å²) in [7, 11) is 0. The van der Waals surface area contributed by atoms with E-state index in [0.29, 0.717) is 0 Å². The highest BCUT2D eigenvalue weighted by atomic mass is 32.1. The van der Waals surface area contributed by atoms with Crippen LogP contribution in [-0.4, -0.2) is 37.7 Å². The first kappa shape index (κ1) is 14.5. The normalized spacial score (nSPS) is 11.5. The van der Waals surface area contributed by atoms with Crippen molar-refractivity contribution < 1.29 is 4.74 Å². The van der Waals surface area contributed by atoms with E-state index in [1.165, 1.54) is 15.6 Å². The maximum atomic E-state index is 5.76. The van der Waals surface area contributed by atoms with E-state index in [2.05, 4.69) is 48.4 Å². The summed E-state index contributed by atoms with van der Waals surface area (Å²) < 4.78 is 7.17. The molecule has 104 valence electrons. The molecule has 1 heterocycles. The van der Waals surface area contributed by atoms with Gasteiger partial charge >= 0.3 is 0 Å². The van der Waals surface area contributed by atoms with Crippen molar-refractivity contribution in [2.24, 2.45) is 0 Å². The van der Waals surface area contributed by atoms with Crippen molar-refractivity contribution in [1.29, 1.82) is 0 Å². The van der Waals surface area contributed by atoms with Crippen LogP contribution in [0.1, 0.15) is 19.4 Å². The minimum Gasteiger partial charge on any atom is -0.380 e. The smallest absolute Gasteiger partial charge is 0.0593 e. The first-order chi connectivity index (χ1) is 9.35. The number of fused-ring (bicyclic) bond motifs is 1. The van der Waals surface area contributed by atoms with Crippen LogP contribution in [0.25, 0.3) is 10.1 Å². The van der Waals surface area contributed by atoms with Crippen molar-refractivity contribution in [2.75, 3.05) is 32.8 Å². The van der Waals surface area contributed by atoms with Crippen molar-refractivity contribution in [3.63, 3.8) is 0 Å². The lowest BCUT2D eigenvalue weighted by atomic mass is 10.1. The molecule has 0 N–H and O–H groups in total. The maximum Gasteiger partial charge on any atom is 0.0593 e. The minimum atomic E-state index is 0.818. The fourth-order valence-corrected chi connectivity index (χ4v) is 3.21. The Hall–Kier alpha value is -0.900. The highest BCUT2D eigenvalue weighted by Gasteiger charge is 2.02. The summed E-state index contributed by atoms with van der Waals surface area (Å²) in [5.41, 5.74) is 1.41. The summed E-state index contributed by atoms with van der Waals surface area (Å²) in [6.45, 7) is 9.29. The highest BCUT2D eigenvalue weighted by molar-refractivity contribution is 7.17. The van der Waals surface area contributed by atoms with Crippen LogP contribution in [0, 0.1) is 0 Å². The molecule has 0 saturated heterocycles. The van der Waals surface area contributed by atoms with Crippen LogP contribution in [0.2, 0.25) is 0 Å². The van der Waals surface area contributed by atoms with Crippen molar-refractivity contribution in [2.45, 2.75) is 20.3 Å². The first-order valence-corrected chi connectivity index (χ1v) is 7.98. The molecule has 0 unspecified atom stereocenters. The van der Waals surface area contributed by atoms with Gasteiger partial charge in [-0.15, -0.1) is 11.3 Å². The summed E-state index contributed by atoms with van der Waals surface area (Å²) in [5, 5.41) is 3.51. The summed E-state index contributed by atoms with van der Waals surface area (Å²) in [6.07, 6.45) is 1.01. The van der Waals surface area contributed by atoms with Crippen LogP contribution in [0.3, 0.4) is 0 Å². The molecule has 0 radical (unpaired) electrons. The molecule has 0 aliphatic heterocycles. The Bertz CT molecular complexity index is 490. The van der Waals surface area contributed by atoms with Crippen LogP contribution in [0.5, 0.6) is 0 Å². The van der Waals surface area contributed by atoms with E-state index in [-0.39, 0.29) is 0 Å². The predicted octanol–water partition coefficient (Wildman–Crippen LogP) is 3.80. The standard InChI is InChI=1S/C16H23NOS/c1-3-17(4-2)10-12-18-11-8-14-6-5-7-15-9-13-19-16(14)15/h5-7,9,13H,3-4,8,10-12H2,1-2H3. The molecule has 0 atom stereocenters. The fraction of sp³-hybridized carbons (Fsp3) is 0.500. The Kier molecular flexibility index (Phi) is 5.83. The SMILES string of the molecule is CCN(CC)CCOCCc1cccc2ccsc12. The highest BCUT2D eigenvalue weighted by Crippen LogP contribution is 2.24. The molecule has 0 fully saturated rings. The van der Waals surface area contributed by atoms with Crippen LogP contribution in [-0.2, 0) is 11.2 Å². The van der Waals surface area contributed by atoms with Gasteiger partial charge in [-0.2, -0.15) is 0 Å². The van der Waals surface area contributed by atoms with E-state index < -0.39 is 0 Å². The molecule has 3 heteroatoms. The summed E-state index contributed by atoms with van der Waals surface area (Å²) in [6, 6.07) is 8.72. The van der Waals surface area contributed by atoms with E-state index in [4.69, 9.17) is 4.74 Å². The van der Waals surface area contributed by atoms with Gasteiger partial charge in [0.15, 0.2) is 0 Å². The van der Waals surface area contributed by atoms with E-state index in [0.717, 1.165) is 39.3 Å². The van der Waals surface area contributed by atoms with Crippen LogP contribution in [0.4, 0.5) is 0 Å². The molecule has 19 heavy (non-hydrogen) atoms. The zero-order valence-corrected chi connectivity index (χ0v) is 12.7. The molecule has 0 saturated carbocycles. The number of nitrogens with zero attached hydrogens (tertiary/aromatic N) is 1. The van der Waals surface area contributed by atoms with Crippen LogP contribution >= 0.6 is 11.3 Å². The van der Waals surface area contributed by atoms with Gasteiger partial charge in [-0.3, -0.25) is 0 Å². The summed E-state index contributed by atoms with van der Waals surface area (Å²) in [4.78, 5) is 2.39. The van der Waals surface area contributed by atoms with Gasteiger partial charge in [-0.25, -0.2) is 0 Å². The molecule has 0 aliphatic carbocycles. The van der Waals surface area contributed by atoms with E-state index >= 15 is 0 Å². The second-order valence-electron chi connectivity index (χ2n) is 4.65. The van der Waals surface area contributed by atoms with Crippen LogP contribution < -0.4 is 0 Å². The number of rotatable bonds is 8. The number of likely N-dealkylation sites (N-methyl/N-ethyl adjacent to an activating group) is 1. The molecule has 0 bridgehead atoms. The average molecular weight is 277 g/mol. The van der Waals surface area contributed by atoms with E-state index in [1.807, 2.05) is 11.3 Å². The predicted molar refractivity (Wildman–Crippen MR) is 84.1 cm³/mol. The Labute approximate surface area is 120 Å². The Morgan fingerprint density at radius 3 is 2.74 bits per heavy atom. The lowest BCUT2D eigenvalue weighted by Crippen LogP contribution is -2.27. The minimum absolute atomic E-state index is 0.818. The summed E-state index contributed by atoms with van der Waals surface area (Å²) in [5.74, 6) is 0. The van der Waals surface area contributed by atoms with Gasteiger partial charge in [0.1, 0.15) is 0 Å². The number of benzene rings is 1. The number of hydrogen-bond donors (Lipinski definition) is 0. The molecule has 1 aromatic carbocycles. The number of ether oxygens (including phenoxy) is 1. The lowest BCUT2D eigenvalue weighted by Gasteiger charge is -2.17. The van der Waals surface area contributed by atoms with Crippen molar-refractivity contribution in [3.05, 3.63) is 35.2 Å². The van der Waals surface area contributed by atoms with Crippen molar-refractivity contribution >= 4 is 21.4 Å². The third-order valence-corrected chi connectivity index (χ3v) is 4.53. The van der Waals surface area contributed by atoms with Gasteiger partial charge in [0.2, 0.25) is 0 Å². The second kappa shape index (κ2) is 7.63. The Morgan fingerprint density at radius 1 is 1.11 bits per heavy atom. The lowest BCUT2D eigenvalue weighted by molar-refractivity contribution is 0.109. The van der Waals surface area contributed by atoms with Crippen molar-refractivity contribution in [1.82, 2.24) is 4.90 Å².